The Hall–Kier alpha value is -5.37. The van der Waals surface area contributed by atoms with Gasteiger partial charge in [-0.25, -0.2) is 14.4 Å². The lowest BCUT2D eigenvalue weighted by molar-refractivity contribution is 0.402. The summed E-state index contributed by atoms with van der Waals surface area (Å²) < 4.78 is 21.5. The largest absolute Gasteiger partial charge is 0.299 e. The summed E-state index contributed by atoms with van der Waals surface area (Å²) in [7, 11) is -2.10. The fraction of sp³-hybridized carbons (Fsp3) is 0.0732. The van der Waals surface area contributed by atoms with Gasteiger partial charge in [-0.15, -0.1) is 11.3 Å². The molecular weight excluding hydrogens is 628 g/mol. The summed E-state index contributed by atoms with van der Waals surface area (Å²) in [6, 6.07) is 39.8. The van der Waals surface area contributed by atoms with E-state index in [2.05, 4.69) is 88.0 Å². The molecule has 1 aliphatic heterocycles. The monoisotopic (exact) mass is 656 g/mol. The van der Waals surface area contributed by atoms with Crippen molar-refractivity contribution >= 4 is 94.5 Å². The maximum Gasteiger partial charge on any atom is 0.150 e. The molecule has 0 fully saturated rings. The van der Waals surface area contributed by atoms with Gasteiger partial charge in [0.1, 0.15) is 19.5 Å². The molecule has 1 atom stereocenters. The van der Waals surface area contributed by atoms with Gasteiger partial charge in [0, 0.05) is 60.9 Å². The molecular formula is C41H29FN4SSi. The zero-order valence-corrected chi connectivity index (χ0v) is 28.2. The van der Waals surface area contributed by atoms with Gasteiger partial charge in [0.15, 0.2) is 6.17 Å². The lowest BCUT2D eigenvalue weighted by Crippen LogP contribution is -2.58. The van der Waals surface area contributed by atoms with Gasteiger partial charge in [0.25, 0.3) is 0 Å². The van der Waals surface area contributed by atoms with E-state index < -0.39 is 14.2 Å². The number of hydrogen-bond acceptors (Lipinski definition) is 4. The summed E-state index contributed by atoms with van der Waals surface area (Å²) in [6.45, 7) is 4.83. The molecule has 0 N–H and O–H groups in total. The van der Waals surface area contributed by atoms with Gasteiger partial charge in [-0.1, -0.05) is 79.8 Å². The number of halogens is 1. The highest BCUT2D eigenvalue weighted by Gasteiger charge is 2.40. The Bertz CT molecular complexity index is 2760. The van der Waals surface area contributed by atoms with E-state index in [0.29, 0.717) is 11.1 Å². The zero-order valence-electron chi connectivity index (χ0n) is 26.4. The molecule has 0 saturated heterocycles. The summed E-state index contributed by atoms with van der Waals surface area (Å²) in [4.78, 5) is 11.9. The number of fused-ring (bicyclic) bond motifs is 11. The number of benzene rings is 5. The third-order valence-corrected chi connectivity index (χ3v) is 14.8. The van der Waals surface area contributed by atoms with Crippen molar-refractivity contribution < 1.29 is 4.39 Å². The van der Waals surface area contributed by atoms with Crippen molar-refractivity contribution in [2.24, 2.45) is 0 Å². The molecule has 0 amide bonds. The molecule has 1 aliphatic rings. The second-order valence-electron chi connectivity index (χ2n) is 13.2. The van der Waals surface area contributed by atoms with Gasteiger partial charge < -0.3 is 0 Å². The summed E-state index contributed by atoms with van der Waals surface area (Å²) in [5.74, 6) is 0.937. The number of aromatic nitrogens is 3. The summed E-state index contributed by atoms with van der Waals surface area (Å²) in [5, 5.41) is 8.30. The lowest BCUT2D eigenvalue weighted by Gasteiger charge is -2.40. The molecule has 9 aromatic rings. The van der Waals surface area contributed by atoms with Crippen LogP contribution in [0.4, 0.5) is 21.6 Å². The lowest BCUT2D eigenvalue weighted by atomic mass is 9.97. The number of hydrogen-bond donors (Lipinski definition) is 0. The maximum atomic E-state index is 16.8. The Kier molecular flexibility index (Phi) is 5.81. The van der Waals surface area contributed by atoms with Gasteiger partial charge in [0.2, 0.25) is 0 Å². The number of alkyl halides is 1. The van der Waals surface area contributed by atoms with Crippen molar-refractivity contribution in [1.82, 2.24) is 14.4 Å². The Morgan fingerprint density at radius 1 is 0.646 bits per heavy atom. The van der Waals surface area contributed by atoms with Crippen molar-refractivity contribution in [1.29, 1.82) is 0 Å². The van der Waals surface area contributed by atoms with Gasteiger partial charge in [-0.05, 0) is 75.4 Å². The van der Waals surface area contributed by atoms with Crippen molar-refractivity contribution in [3.8, 4) is 0 Å². The summed E-state index contributed by atoms with van der Waals surface area (Å²) in [5.41, 5.74) is 5.18. The third-order valence-electron chi connectivity index (χ3n) is 10.2. The van der Waals surface area contributed by atoms with E-state index in [4.69, 9.17) is 4.98 Å². The molecule has 0 bridgehead atoms. The fourth-order valence-electron chi connectivity index (χ4n) is 7.79. The molecule has 0 aliphatic carbocycles. The summed E-state index contributed by atoms with van der Waals surface area (Å²) in [6.07, 6.45) is 4.33. The molecule has 48 heavy (non-hydrogen) atoms. The number of imidazole rings is 1. The number of para-hydroxylation sites is 1. The predicted molar refractivity (Wildman–Crippen MR) is 202 cm³/mol. The first kappa shape index (κ1) is 27.7. The predicted octanol–water partition coefficient (Wildman–Crippen LogP) is 10.1. The second kappa shape index (κ2) is 10.1. The first-order valence-electron chi connectivity index (χ1n) is 16.2. The topological polar surface area (TPSA) is 33.4 Å². The van der Waals surface area contributed by atoms with Crippen molar-refractivity contribution in [3.63, 3.8) is 0 Å². The molecule has 0 saturated carbocycles. The number of nitrogens with zero attached hydrogens (tertiary/aromatic N) is 4. The number of rotatable bonds is 3. The van der Waals surface area contributed by atoms with Crippen LogP contribution in [0.1, 0.15) is 17.3 Å². The number of pyridine rings is 2. The van der Waals surface area contributed by atoms with Gasteiger partial charge in [0.05, 0.1) is 5.52 Å². The molecule has 7 heteroatoms. The minimum Gasteiger partial charge on any atom is -0.299 e. The van der Waals surface area contributed by atoms with E-state index in [1.807, 2.05) is 84.5 Å². The van der Waals surface area contributed by atoms with E-state index >= 15 is 4.39 Å². The minimum atomic E-state index is -2.10. The quantitative estimate of drug-likeness (QED) is 0.140. The third kappa shape index (κ3) is 3.86. The molecule has 1 unspecified atom stereocenters. The SMILES string of the molecule is C[Si]1(C)c2cc3sc4ccccc4c3cc2N(c2cccc(C(F)c3ccc4c5ccccc5n5ccnc5c4c3)c2)c2ncccc21. The highest BCUT2D eigenvalue weighted by atomic mass is 32.1. The van der Waals surface area contributed by atoms with Crippen molar-refractivity contribution in [2.45, 2.75) is 19.3 Å². The standard InChI is InChI=1S/C41H29FN4SSi/c1-48(2)37-15-8-18-43-41(37)46(34-23-31-30-12-4-6-14-35(30)47-36(31)24-38(34)48)27-10-7-9-25(21-27)39(42)26-16-17-28-29-11-3-5-13-33(29)45-20-19-44-40(45)32(28)22-26/h3-24,39H,1-2H3. The van der Waals surface area contributed by atoms with Crippen LogP contribution in [0, 0.1) is 0 Å². The Morgan fingerprint density at radius 3 is 2.40 bits per heavy atom. The molecule has 0 radical (unpaired) electrons. The van der Waals surface area contributed by atoms with E-state index in [9.17, 15) is 0 Å². The van der Waals surface area contributed by atoms with E-state index in [-0.39, 0.29) is 0 Å². The fourth-order valence-corrected chi connectivity index (χ4v) is 11.9. The molecule has 230 valence electrons. The van der Waals surface area contributed by atoms with Crippen LogP contribution in [-0.2, 0) is 0 Å². The van der Waals surface area contributed by atoms with Crippen LogP contribution in [0.2, 0.25) is 13.1 Å². The number of anilines is 3. The average Bonchev–Trinajstić information content (AvgIpc) is 3.77. The highest BCUT2D eigenvalue weighted by molar-refractivity contribution is 7.26. The van der Waals surface area contributed by atoms with Crippen LogP contribution in [0.5, 0.6) is 0 Å². The molecule has 5 heterocycles. The molecule has 5 aromatic carbocycles. The average molecular weight is 657 g/mol. The second-order valence-corrected chi connectivity index (χ2v) is 18.6. The minimum absolute atomic E-state index is 0.607. The van der Waals surface area contributed by atoms with E-state index in [1.54, 1.807) is 0 Å². The van der Waals surface area contributed by atoms with E-state index in [0.717, 1.165) is 44.5 Å². The maximum absolute atomic E-state index is 16.8. The Balaban J connectivity index is 1.14. The van der Waals surface area contributed by atoms with Gasteiger partial charge in [-0.2, -0.15) is 0 Å². The molecule has 10 rings (SSSR count). The van der Waals surface area contributed by atoms with Gasteiger partial charge in [-0.3, -0.25) is 9.30 Å². The van der Waals surface area contributed by atoms with Crippen LogP contribution < -0.4 is 15.3 Å². The van der Waals surface area contributed by atoms with Crippen molar-refractivity contribution in [3.05, 3.63) is 145 Å². The summed E-state index contributed by atoms with van der Waals surface area (Å²) >= 11 is 1.85. The van der Waals surface area contributed by atoms with Crippen LogP contribution >= 0.6 is 11.3 Å². The number of thiophene rings is 1. The van der Waals surface area contributed by atoms with Gasteiger partial charge >= 0.3 is 0 Å². The zero-order chi connectivity index (χ0) is 32.1. The highest BCUT2D eigenvalue weighted by Crippen LogP contribution is 2.43. The Morgan fingerprint density at radius 2 is 1.48 bits per heavy atom. The first-order valence-corrected chi connectivity index (χ1v) is 20.0. The van der Waals surface area contributed by atoms with Crippen LogP contribution in [0.25, 0.3) is 47.5 Å². The van der Waals surface area contributed by atoms with Crippen molar-refractivity contribution in [2.75, 3.05) is 4.90 Å². The Labute approximate surface area is 281 Å². The normalized spacial score (nSPS) is 14.6. The molecule has 4 aromatic heterocycles. The van der Waals surface area contributed by atoms with Crippen LogP contribution in [-0.4, -0.2) is 22.4 Å². The van der Waals surface area contributed by atoms with Crippen LogP contribution in [0.15, 0.2) is 134 Å². The first-order chi connectivity index (χ1) is 23.5. The van der Waals surface area contributed by atoms with Crippen LogP contribution in [0.3, 0.4) is 0 Å². The smallest absolute Gasteiger partial charge is 0.150 e. The molecule has 0 spiro atoms. The van der Waals surface area contributed by atoms with E-state index in [1.165, 1.54) is 30.5 Å². The molecule has 4 nitrogen and oxygen atoms in total.